The first-order valence-electron chi connectivity index (χ1n) is 15.5. The van der Waals surface area contributed by atoms with E-state index >= 15 is 0 Å². The molecule has 6 rings (SSSR count). The molecule has 2 N–H and O–H groups in total. The van der Waals surface area contributed by atoms with E-state index in [4.69, 9.17) is 4.42 Å². The summed E-state index contributed by atoms with van der Waals surface area (Å²) < 4.78 is 60.9. The highest BCUT2D eigenvalue weighted by atomic mass is 19.4. The van der Waals surface area contributed by atoms with Gasteiger partial charge in [-0.15, -0.1) is 0 Å². The minimum absolute atomic E-state index is 0.0207. The smallest absolute Gasteiger partial charge is 0.420 e. The molecule has 0 spiro atoms. The molecule has 246 valence electrons. The number of nitrogens with one attached hydrogen (secondary N) is 2. The van der Waals surface area contributed by atoms with Crippen molar-refractivity contribution < 1.29 is 31.6 Å². The summed E-state index contributed by atoms with van der Waals surface area (Å²) in [5, 5.41) is 6.18. The molecule has 13 heteroatoms. The van der Waals surface area contributed by atoms with Gasteiger partial charge in [0, 0.05) is 57.4 Å². The van der Waals surface area contributed by atoms with Crippen molar-refractivity contribution in [1.29, 1.82) is 0 Å². The second-order valence-corrected chi connectivity index (χ2v) is 11.9. The number of pyridine rings is 1. The lowest BCUT2D eigenvalue weighted by atomic mass is 10.1. The van der Waals surface area contributed by atoms with Gasteiger partial charge in [0.25, 0.3) is 6.01 Å². The summed E-state index contributed by atoms with van der Waals surface area (Å²) in [7, 11) is 0. The third kappa shape index (κ3) is 8.15. The van der Waals surface area contributed by atoms with Crippen LogP contribution in [-0.4, -0.2) is 69.7 Å². The summed E-state index contributed by atoms with van der Waals surface area (Å²) >= 11 is 0. The van der Waals surface area contributed by atoms with Crippen molar-refractivity contribution in [3.8, 4) is 0 Å². The number of benzene rings is 2. The van der Waals surface area contributed by atoms with Gasteiger partial charge in [0.15, 0.2) is 5.69 Å². The van der Waals surface area contributed by atoms with Crippen LogP contribution in [0.2, 0.25) is 0 Å². The zero-order chi connectivity index (χ0) is 33.0. The monoisotopic (exact) mass is 650 g/mol. The van der Waals surface area contributed by atoms with Crippen molar-refractivity contribution in [1.82, 2.24) is 19.8 Å². The van der Waals surface area contributed by atoms with E-state index in [-0.39, 0.29) is 36.8 Å². The molecule has 0 bridgehead atoms. The van der Waals surface area contributed by atoms with Crippen LogP contribution < -0.4 is 10.6 Å². The van der Waals surface area contributed by atoms with E-state index in [1.165, 1.54) is 12.3 Å². The first-order valence-corrected chi connectivity index (χ1v) is 15.5. The Morgan fingerprint density at radius 2 is 1.62 bits per heavy atom. The predicted molar refractivity (Wildman–Crippen MR) is 166 cm³/mol. The number of amides is 1. The van der Waals surface area contributed by atoms with Gasteiger partial charge in [-0.25, -0.2) is 9.37 Å². The van der Waals surface area contributed by atoms with Gasteiger partial charge in [-0.3, -0.25) is 14.5 Å². The van der Waals surface area contributed by atoms with Crippen molar-refractivity contribution in [3.05, 3.63) is 107 Å². The Hall–Kier alpha value is -4.78. The molecular weight excluding hydrogens is 616 g/mol. The van der Waals surface area contributed by atoms with E-state index in [2.05, 4.69) is 25.5 Å². The Bertz CT molecular complexity index is 1700. The second-order valence-electron chi connectivity index (χ2n) is 11.9. The molecule has 2 saturated heterocycles. The second kappa shape index (κ2) is 13.9. The molecule has 9 nitrogen and oxygen atoms in total. The van der Waals surface area contributed by atoms with Gasteiger partial charge in [0.05, 0.1) is 6.42 Å². The average molecular weight is 651 g/mol. The number of halogens is 4. The van der Waals surface area contributed by atoms with Crippen molar-refractivity contribution in [2.24, 2.45) is 0 Å². The number of nitrogens with zero attached hydrogens (tertiary/aromatic N) is 4. The Morgan fingerprint density at radius 1 is 0.872 bits per heavy atom. The first-order chi connectivity index (χ1) is 22.6. The largest absolute Gasteiger partial charge is 0.437 e. The minimum Gasteiger partial charge on any atom is -0.420 e. The first kappa shape index (κ1) is 32.2. The van der Waals surface area contributed by atoms with Gasteiger partial charge in [0.1, 0.15) is 11.6 Å². The molecule has 0 radical (unpaired) electrons. The fourth-order valence-corrected chi connectivity index (χ4v) is 5.98. The Kier molecular flexibility index (Phi) is 9.53. The molecule has 2 fully saturated rings. The molecule has 2 aliphatic rings. The molecule has 2 aromatic heterocycles. The fourth-order valence-electron chi connectivity index (χ4n) is 5.98. The van der Waals surface area contributed by atoms with Crippen molar-refractivity contribution >= 4 is 23.5 Å². The maximum Gasteiger partial charge on any atom is 0.437 e. The van der Waals surface area contributed by atoms with Crippen LogP contribution >= 0.6 is 0 Å². The maximum atomic E-state index is 14.0. The summed E-state index contributed by atoms with van der Waals surface area (Å²) in [4.78, 5) is 37.5. The van der Waals surface area contributed by atoms with E-state index in [0.717, 1.165) is 18.7 Å². The highest BCUT2D eigenvalue weighted by Gasteiger charge is 2.41. The summed E-state index contributed by atoms with van der Waals surface area (Å²) in [6.45, 7) is 3.01. The highest BCUT2D eigenvalue weighted by molar-refractivity contribution is 5.96. The van der Waals surface area contributed by atoms with Crippen molar-refractivity contribution in [3.63, 3.8) is 0 Å². The molecule has 1 amide bonds. The number of alkyl halides is 3. The van der Waals surface area contributed by atoms with Crippen molar-refractivity contribution in [2.45, 2.75) is 50.5 Å². The number of hydrogen-bond donors (Lipinski definition) is 2. The number of oxazole rings is 1. The average Bonchev–Trinajstić information content (AvgIpc) is 3.80. The molecule has 4 heterocycles. The van der Waals surface area contributed by atoms with Crippen LogP contribution in [0.3, 0.4) is 0 Å². The lowest BCUT2D eigenvalue weighted by Crippen LogP contribution is -2.33. The molecule has 1 unspecified atom stereocenters. The quantitative estimate of drug-likeness (QED) is 0.160. The Labute approximate surface area is 269 Å². The van der Waals surface area contributed by atoms with E-state index in [9.17, 15) is 27.2 Å². The molecule has 0 aliphatic carbocycles. The van der Waals surface area contributed by atoms with Gasteiger partial charge in [0.2, 0.25) is 17.5 Å². The third-order valence-corrected chi connectivity index (χ3v) is 8.38. The molecular formula is C34H34F4N6O3. The summed E-state index contributed by atoms with van der Waals surface area (Å²) in [6.07, 6.45) is -2.48. The molecule has 2 aliphatic heterocycles. The predicted octanol–water partition coefficient (Wildman–Crippen LogP) is 5.59. The van der Waals surface area contributed by atoms with E-state index < -0.39 is 29.2 Å². The van der Waals surface area contributed by atoms with E-state index in [1.807, 2.05) is 30.3 Å². The van der Waals surface area contributed by atoms with E-state index in [0.29, 0.717) is 49.4 Å². The van der Waals surface area contributed by atoms with Gasteiger partial charge < -0.3 is 20.0 Å². The number of rotatable bonds is 11. The highest BCUT2D eigenvalue weighted by Crippen LogP contribution is 2.34. The van der Waals surface area contributed by atoms with Crippen LogP contribution in [-0.2, 0) is 30.4 Å². The topological polar surface area (TPSA) is 104 Å². The van der Waals surface area contributed by atoms with Crippen LogP contribution in [0.15, 0.2) is 77.3 Å². The molecule has 2 atom stereocenters. The molecule has 0 saturated carbocycles. The van der Waals surface area contributed by atoms with Crippen LogP contribution in [0, 0.1) is 5.82 Å². The number of hydrogen-bond acceptors (Lipinski definition) is 8. The molecule has 47 heavy (non-hydrogen) atoms. The molecule has 2 aromatic carbocycles. The standard InChI is InChI=1S/C34H34F4N6O3/c35-27-9-5-4-8-24(27)17-30(46)44-15-13-26(21-44)40-29-11-10-23(18-39-29)16-28(45)31-32(34(36,37)38)42-33(47-31)41-25-12-14-43(20-25)19-22-6-2-1-3-7-22/h1-11,18,25-26H,12-17,19-21H2,(H,39,40)(H,41,42)/t25?,26-/m0/s1. The SMILES string of the molecule is O=C(Cc1ccc(N[C@H]2CCN(C(=O)Cc3ccccc3F)C2)nc1)c1oc(NC2CCN(Cc3ccccc3)C2)nc1C(F)(F)F. The van der Waals surface area contributed by atoms with Crippen LogP contribution in [0.25, 0.3) is 0 Å². The van der Waals surface area contributed by atoms with Gasteiger partial charge in [-0.05, 0) is 41.7 Å². The number of ketones is 1. The van der Waals surface area contributed by atoms with Crippen LogP contribution in [0.4, 0.5) is 29.4 Å². The fraction of sp³-hybridized carbons (Fsp3) is 0.353. The van der Waals surface area contributed by atoms with Gasteiger partial charge in [-0.2, -0.15) is 18.2 Å². The Morgan fingerprint density at radius 3 is 2.36 bits per heavy atom. The number of aromatic nitrogens is 2. The lowest BCUT2D eigenvalue weighted by Gasteiger charge is -2.18. The lowest BCUT2D eigenvalue weighted by molar-refractivity contribution is -0.141. The number of carbonyl (C=O) groups excluding carboxylic acids is 2. The summed E-state index contributed by atoms with van der Waals surface area (Å²) in [5.74, 6) is -1.79. The number of Topliss-reactive ketones (excluding diaryl/α,β-unsaturated/α-hetero) is 1. The minimum atomic E-state index is -4.87. The zero-order valence-electron chi connectivity index (χ0n) is 25.5. The van der Waals surface area contributed by atoms with Crippen molar-refractivity contribution in [2.75, 3.05) is 36.8 Å². The van der Waals surface area contributed by atoms with Gasteiger partial charge in [-0.1, -0.05) is 54.6 Å². The van der Waals surface area contributed by atoms with Crippen LogP contribution in [0.1, 0.15) is 45.8 Å². The summed E-state index contributed by atoms with van der Waals surface area (Å²) in [5.41, 5.74) is 0.538. The molecule has 4 aromatic rings. The number of carbonyl (C=O) groups is 2. The number of anilines is 2. The van der Waals surface area contributed by atoms with Gasteiger partial charge >= 0.3 is 6.18 Å². The zero-order valence-corrected chi connectivity index (χ0v) is 25.5. The number of likely N-dealkylation sites (tertiary alicyclic amines) is 2. The normalized spacial score (nSPS) is 18.4. The Balaban J connectivity index is 1.02. The third-order valence-electron chi connectivity index (χ3n) is 8.38. The maximum absolute atomic E-state index is 14.0. The summed E-state index contributed by atoms with van der Waals surface area (Å²) in [6, 6.07) is 18.7. The van der Waals surface area contributed by atoms with Crippen LogP contribution in [0.5, 0.6) is 0 Å². The van der Waals surface area contributed by atoms with E-state index in [1.54, 1.807) is 35.2 Å².